The molecule has 19 heavy (non-hydrogen) atoms. The minimum absolute atomic E-state index is 0.0105. The summed E-state index contributed by atoms with van der Waals surface area (Å²) in [6.07, 6.45) is 1.83. The molecule has 1 unspecified atom stereocenters. The average molecular weight is 262 g/mol. The van der Waals surface area contributed by atoms with Crippen molar-refractivity contribution in [3.8, 4) is 0 Å². The van der Waals surface area contributed by atoms with Gasteiger partial charge in [0, 0.05) is 18.6 Å². The molecule has 0 saturated heterocycles. The highest BCUT2D eigenvalue weighted by atomic mass is 16.5. The molecule has 0 aliphatic rings. The van der Waals surface area contributed by atoms with Crippen LogP contribution in [0, 0.1) is 6.92 Å². The third-order valence-corrected chi connectivity index (χ3v) is 3.20. The van der Waals surface area contributed by atoms with Crippen molar-refractivity contribution in [3.63, 3.8) is 0 Å². The quantitative estimate of drug-likeness (QED) is 0.457. The molecule has 0 amide bonds. The number of hydrogen-bond donors (Lipinski definition) is 2. The number of furan rings is 1. The van der Waals surface area contributed by atoms with Crippen LogP contribution in [0.5, 0.6) is 0 Å². The lowest BCUT2D eigenvalue weighted by atomic mass is 10.1. The number of rotatable bonds is 7. The van der Waals surface area contributed by atoms with E-state index in [9.17, 15) is 0 Å². The molecule has 0 bridgehead atoms. The largest absolute Gasteiger partial charge is 0.459 e. The van der Waals surface area contributed by atoms with Crippen molar-refractivity contribution in [2.75, 3.05) is 13.2 Å². The molecule has 2 aromatic rings. The number of hydrogen-bond acceptors (Lipinski definition) is 4. The van der Waals surface area contributed by atoms with Gasteiger partial charge in [-0.05, 0) is 31.4 Å². The van der Waals surface area contributed by atoms with Crippen LogP contribution in [0.2, 0.25) is 0 Å². The minimum atomic E-state index is -0.0105. The summed E-state index contributed by atoms with van der Waals surface area (Å²) in [6.45, 7) is 5.61. The van der Waals surface area contributed by atoms with E-state index in [2.05, 4.69) is 18.4 Å². The summed E-state index contributed by atoms with van der Waals surface area (Å²) in [5.74, 6) is 6.48. The maximum absolute atomic E-state index is 5.91. The van der Waals surface area contributed by atoms with Crippen molar-refractivity contribution < 1.29 is 9.15 Å². The summed E-state index contributed by atoms with van der Waals surface area (Å²) in [6, 6.07) is 8.17. The zero-order valence-electron chi connectivity index (χ0n) is 11.6. The molecule has 0 aliphatic carbocycles. The Bertz CT molecular complexity index is 522. The van der Waals surface area contributed by atoms with Gasteiger partial charge in [0.25, 0.3) is 0 Å². The van der Waals surface area contributed by atoms with Crippen molar-refractivity contribution in [1.82, 2.24) is 5.43 Å². The van der Waals surface area contributed by atoms with Crippen LogP contribution in [0.1, 0.15) is 37.1 Å². The first-order chi connectivity index (χ1) is 9.26. The van der Waals surface area contributed by atoms with E-state index < -0.39 is 0 Å². The van der Waals surface area contributed by atoms with Crippen LogP contribution in [0.15, 0.2) is 28.7 Å². The Kier molecular flexibility index (Phi) is 4.96. The number of fused-ring (bicyclic) bond motifs is 1. The van der Waals surface area contributed by atoms with Crippen molar-refractivity contribution >= 4 is 11.0 Å². The SMILES string of the molecule is CCCOCCC(NN)c1cc2cccc(C)c2o1. The van der Waals surface area contributed by atoms with Crippen molar-refractivity contribution in [2.45, 2.75) is 32.7 Å². The maximum atomic E-state index is 5.91. The van der Waals surface area contributed by atoms with Gasteiger partial charge in [-0.1, -0.05) is 25.1 Å². The van der Waals surface area contributed by atoms with Crippen molar-refractivity contribution in [2.24, 2.45) is 5.84 Å². The second kappa shape index (κ2) is 6.70. The maximum Gasteiger partial charge on any atom is 0.137 e. The van der Waals surface area contributed by atoms with Crippen molar-refractivity contribution in [3.05, 3.63) is 35.6 Å². The van der Waals surface area contributed by atoms with E-state index >= 15 is 0 Å². The fraction of sp³-hybridized carbons (Fsp3) is 0.467. The van der Waals surface area contributed by atoms with Crippen molar-refractivity contribution in [1.29, 1.82) is 0 Å². The Morgan fingerprint density at radius 2 is 2.21 bits per heavy atom. The predicted octanol–water partition coefficient (Wildman–Crippen LogP) is 3.06. The summed E-state index contributed by atoms with van der Waals surface area (Å²) in [5.41, 5.74) is 4.88. The van der Waals surface area contributed by atoms with E-state index in [1.807, 2.05) is 25.1 Å². The van der Waals surface area contributed by atoms with Gasteiger partial charge in [-0.2, -0.15) is 0 Å². The number of nitrogens with one attached hydrogen (secondary N) is 1. The standard InChI is InChI=1S/C15H22N2O2/c1-3-8-18-9-7-13(17-16)14-10-12-6-4-5-11(2)15(12)19-14/h4-6,10,13,17H,3,7-9,16H2,1-2H3. The highest BCUT2D eigenvalue weighted by Gasteiger charge is 2.15. The van der Waals surface area contributed by atoms with Gasteiger partial charge < -0.3 is 9.15 Å². The Morgan fingerprint density at radius 1 is 1.37 bits per heavy atom. The van der Waals surface area contributed by atoms with Gasteiger partial charge in [-0.25, -0.2) is 5.43 Å². The predicted molar refractivity (Wildman–Crippen MR) is 76.7 cm³/mol. The monoisotopic (exact) mass is 262 g/mol. The lowest BCUT2D eigenvalue weighted by molar-refractivity contribution is 0.122. The van der Waals surface area contributed by atoms with Crippen LogP contribution in [-0.4, -0.2) is 13.2 Å². The van der Waals surface area contributed by atoms with Gasteiger partial charge in [0.2, 0.25) is 0 Å². The highest BCUT2D eigenvalue weighted by Crippen LogP contribution is 2.27. The first-order valence-corrected chi connectivity index (χ1v) is 6.79. The number of para-hydroxylation sites is 1. The second-order valence-corrected chi connectivity index (χ2v) is 4.76. The molecule has 104 valence electrons. The van der Waals surface area contributed by atoms with Crippen LogP contribution in [0.25, 0.3) is 11.0 Å². The van der Waals surface area contributed by atoms with Crippen LogP contribution in [0.3, 0.4) is 0 Å². The first-order valence-electron chi connectivity index (χ1n) is 6.79. The third-order valence-electron chi connectivity index (χ3n) is 3.20. The van der Waals surface area contributed by atoms with E-state index in [0.29, 0.717) is 6.61 Å². The summed E-state index contributed by atoms with van der Waals surface area (Å²) in [7, 11) is 0. The lowest BCUT2D eigenvalue weighted by Crippen LogP contribution is -2.28. The molecule has 0 radical (unpaired) electrons. The summed E-state index contributed by atoms with van der Waals surface area (Å²) in [5, 5.41) is 1.12. The van der Waals surface area contributed by atoms with Gasteiger partial charge in [0.15, 0.2) is 0 Å². The van der Waals surface area contributed by atoms with E-state index in [4.69, 9.17) is 15.0 Å². The number of aryl methyl sites for hydroxylation is 1. The Morgan fingerprint density at radius 3 is 2.89 bits per heavy atom. The molecule has 1 aromatic carbocycles. The summed E-state index contributed by atoms with van der Waals surface area (Å²) in [4.78, 5) is 0. The van der Waals surface area contributed by atoms with Crippen LogP contribution < -0.4 is 11.3 Å². The van der Waals surface area contributed by atoms with Crippen LogP contribution in [0.4, 0.5) is 0 Å². The molecule has 0 saturated carbocycles. The normalized spacial score (nSPS) is 13.0. The van der Waals surface area contributed by atoms with E-state index in [1.54, 1.807) is 0 Å². The van der Waals surface area contributed by atoms with Gasteiger partial charge in [-0.3, -0.25) is 5.84 Å². The van der Waals surface area contributed by atoms with E-state index in [-0.39, 0.29) is 6.04 Å². The van der Waals surface area contributed by atoms with Gasteiger partial charge in [0.05, 0.1) is 6.04 Å². The smallest absolute Gasteiger partial charge is 0.137 e. The zero-order chi connectivity index (χ0) is 13.7. The molecular formula is C15H22N2O2. The first kappa shape index (κ1) is 14.1. The Hall–Kier alpha value is -1.36. The number of hydrazine groups is 1. The topological polar surface area (TPSA) is 60.4 Å². The molecule has 0 fully saturated rings. The molecule has 4 nitrogen and oxygen atoms in total. The molecule has 0 spiro atoms. The van der Waals surface area contributed by atoms with E-state index in [1.165, 1.54) is 0 Å². The fourth-order valence-corrected chi connectivity index (χ4v) is 2.16. The molecule has 4 heteroatoms. The second-order valence-electron chi connectivity index (χ2n) is 4.76. The third kappa shape index (κ3) is 3.35. The summed E-state index contributed by atoms with van der Waals surface area (Å²) >= 11 is 0. The molecule has 2 rings (SSSR count). The molecular weight excluding hydrogens is 240 g/mol. The average Bonchev–Trinajstić information content (AvgIpc) is 2.84. The Balaban J connectivity index is 2.10. The summed E-state index contributed by atoms with van der Waals surface area (Å²) < 4.78 is 11.4. The number of ether oxygens (including phenoxy) is 1. The molecule has 3 N–H and O–H groups in total. The fourth-order valence-electron chi connectivity index (χ4n) is 2.16. The molecule has 1 atom stereocenters. The minimum Gasteiger partial charge on any atom is -0.459 e. The molecule has 1 aromatic heterocycles. The van der Waals surface area contributed by atoms with Crippen LogP contribution in [-0.2, 0) is 4.74 Å². The number of benzene rings is 1. The van der Waals surface area contributed by atoms with Gasteiger partial charge in [0.1, 0.15) is 11.3 Å². The molecule has 1 heterocycles. The van der Waals surface area contributed by atoms with Gasteiger partial charge in [-0.15, -0.1) is 0 Å². The lowest BCUT2D eigenvalue weighted by Gasteiger charge is -2.13. The van der Waals surface area contributed by atoms with Crippen LogP contribution >= 0.6 is 0 Å². The zero-order valence-corrected chi connectivity index (χ0v) is 11.6. The number of nitrogens with two attached hydrogens (primary N) is 1. The molecule has 0 aliphatic heterocycles. The van der Waals surface area contributed by atoms with E-state index in [0.717, 1.165) is 41.7 Å². The highest BCUT2D eigenvalue weighted by molar-refractivity contribution is 5.80. The Labute approximate surface area is 113 Å². The van der Waals surface area contributed by atoms with Gasteiger partial charge >= 0.3 is 0 Å².